The lowest BCUT2D eigenvalue weighted by molar-refractivity contribution is -0.144. The summed E-state index contributed by atoms with van der Waals surface area (Å²) in [4.78, 5) is 49.9. The van der Waals surface area contributed by atoms with Crippen molar-refractivity contribution >= 4 is 36.3 Å². The number of nitrogens with one attached hydrogen (secondary N) is 2. The van der Waals surface area contributed by atoms with E-state index in [0.29, 0.717) is 25.8 Å². The van der Waals surface area contributed by atoms with Gasteiger partial charge in [0.2, 0.25) is 17.7 Å². The molecular formula is C17H30N4O5S. The van der Waals surface area contributed by atoms with Crippen LogP contribution in [0.2, 0.25) is 0 Å². The number of aliphatic carboxylic acids is 1. The lowest BCUT2D eigenvalue weighted by Gasteiger charge is -2.30. The quantitative estimate of drug-likeness (QED) is 0.325. The predicted octanol–water partition coefficient (Wildman–Crippen LogP) is -0.645. The van der Waals surface area contributed by atoms with E-state index in [4.69, 9.17) is 10.8 Å². The monoisotopic (exact) mass is 402 g/mol. The average Bonchev–Trinajstić information content (AvgIpc) is 3.08. The first-order valence-corrected chi connectivity index (χ1v) is 9.72. The van der Waals surface area contributed by atoms with Gasteiger partial charge in [0, 0.05) is 12.3 Å². The first-order chi connectivity index (χ1) is 12.6. The van der Waals surface area contributed by atoms with Gasteiger partial charge in [0.15, 0.2) is 0 Å². The first-order valence-electron chi connectivity index (χ1n) is 9.08. The fourth-order valence-corrected chi connectivity index (χ4v) is 3.09. The van der Waals surface area contributed by atoms with Crippen molar-refractivity contribution < 1.29 is 24.3 Å². The van der Waals surface area contributed by atoms with Crippen molar-refractivity contribution in [1.82, 2.24) is 15.5 Å². The first kappa shape index (κ1) is 23.2. The molecular weight excluding hydrogens is 372 g/mol. The predicted molar refractivity (Wildman–Crippen MR) is 103 cm³/mol. The molecule has 1 saturated heterocycles. The van der Waals surface area contributed by atoms with Crippen LogP contribution in [0.4, 0.5) is 0 Å². The highest BCUT2D eigenvalue weighted by Gasteiger charge is 2.38. The van der Waals surface area contributed by atoms with Crippen molar-refractivity contribution in [2.45, 2.75) is 64.2 Å². The van der Waals surface area contributed by atoms with Gasteiger partial charge in [0.1, 0.15) is 18.1 Å². The summed E-state index contributed by atoms with van der Waals surface area (Å²) in [5.41, 5.74) is 5.67. The molecule has 10 heteroatoms. The van der Waals surface area contributed by atoms with E-state index < -0.39 is 42.0 Å². The number of carbonyl (C=O) groups is 4. The van der Waals surface area contributed by atoms with Crippen LogP contribution in [0.3, 0.4) is 0 Å². The minimum atomic E-state index is -1.15. The number of carboxylic acids is 1. The number of carbonyl (C=O) groups excluding carboxylic acids is 3. The standard InChI is InChI=1S/C17H30N4O5S/c1-9(2)7-12(20-14(22)11(18)8-27)16(24)21-6-4-5-13(21)15(23)19-10(3)17(25)26/h9-13,27H,4-8,18H2,1-3H3,(H,19,23)(H,20,22)(H,25,26). The molecule has 0 aromatic carbocycles. The lowest BCUT2D eigenvalue weighted by atomic mass is 10.0. The number of hydrogen-bond acceptors (Lipinski definition) is 6. The van der Waals surface area contributed by atoms with Crippen molar-refractivity contribution in [2.75, 3.05) is 12.3 Å². The highest BCUT2D eigenvalue weighted by molar-refractivity contribution is 7.80. The maximum Gasteiger partial charge on any atom is 0.325 e. The number of thiol groups is 1. The number of rotatable bonds is 9. The number of nitrogens with zero attached hydrogens (tertiary/aromatic N) is 1. The van der Waals surface area contributed by atoms with E-state index >= 15 is 0 Å². The van der Waals surface area contributed by atoms with E-state index in [9.17, 15) is 19.2 Å². The molecule has 1 aliphatic rings. The molecule has 1 heterocycles. The van der Waals surface area contributed by atoms with Crippen molar-refractivity contribution in [3.8, 4) is 0 Å². The Morgan fingerprint density at radius 1 is 1.22 bits per heavy atom. The molecule has 5 N–H and O–H groups in total. The summed E-state index contributed by atoms with van der Waals surface area (Å²) >= 11 is 3.99. The number of nitrogens with two attached hydrogens (primary N) is 1. The number of likely N-dealkylation sites (tertiary alicyclic amines) is 1. The molecule has 9 nitrogen and oxygen atoms in total. The smallest absolute Gasteiger partial charge is 0.325 e. The van der Waals surface area contributed by atoms with Gasteiger partial charge >= 0.3 is 5.97 Å². The minimum Gasteiger partial charge on any atom is -0.480 e. The highest BCUT2D eigenvalue weighted by Crippen LogP contribution is 2.20. The summed E-state index contributed by atoms with van der Waals surface area (Å²) in [5, 5.41) is 14.0. The maximum atomic E-state index is 13.0. The molecule has 154 valence electrons. The van der Waals surface area contributed by atoms with Crippen LogP contribution in [0.15, 0.2) is 0 Å². The number of amides is 3. The molecule has 4 unspecified atom stereocenters. The molecule has 0 aliphatic carbocycles. The van der Waals surface area contributed by atoms with Crippen molar-refractivity contribution in [2.24, 2.45) is 11.7 Å². The summed E-state index contributed by atoms with van der Waals surface area (Å²) in [7, 11) is 0. The molecule has 0 spiro atoms. The normalized spacial score (nSPS) is 20.1. The van der Waals surface area contributed by atoms with E-state index in [-0.39, 0.29) is 17.6 Å². The van der Waals surface area contributed by atoms with Crippen LogP contribution in [0.5, 0.6) is 0 Å². The van der Waals surface area contributed by atoms with Crippen molar-refractivity contribution in [3.05, 3.63) is 0 Å². The average molecular weight is 403 g/mol. The van der Waals surface area contributed by atoms with Gasteiger partial charge in [-0.2, -0.15) is 12.6 Å². The largest absolute Gasteiger partial charge is 0.480 e. The van der Waals surface area contributed by atoms with Crippen molar-refractivity contribution in [3.63, 3.8) is 0 Å². The van der Waals surface area contributed by atoms with Crippen LogP contribution in [-0.4, -0.2) is 70.2 Å². The van der Waals surface area contributed by atoms with Gasteiger partial charge in [-0.1, -0.05) is 13.8 Å². The Morgan fingerprint density at radius 3 is 2.37 bits per heavy atom. The van der Waals surface area contributed by atoms with E-state index in [0.717, 1.165) is 0 Å². The molecule has 0 aromatic heterocycles. The SMILES string of the molecule is CC(C)CC(NC(=O)C(N)CS)C(=O)N1CCCC1C(=O)NC(C)C(=O)O. The third-order valence-corrected chi connectivity index (χ3v) is 4.82. The van der Waals surface area contributed by atoms with Gasteiger partial charge in [-0.3, -0.25) is 19.2 Å². The van der Waals surface area contributed by atoms with E-state index in [1.807, 2.05) is 13.8 Å². The number of hydrogen-bond donors (Lipinski definition) is 5. The van der Waals surface area contributed by atoms with E-state index in [1.54, 1.807) is 0 Å². The van der Waals surface area contributed by atoms with Gasteiger partial charge < -0.3 is 26.4 Å². The third kappa shape index (κ3) is 6.69. The Balaban J connectivity index is 2.90. The molecule has 27 heavy (non-hydrogen) atoms. The molecule has 1 rings (SSSR count). The molecule has 1 aliphatic heterocycles. The summed E-state index contributed by atoms with van der Waals surface area (Å²) in [5.74, 6) is -2.19. The van der Waals surface area contributed by atoms with E-state index in [1.165, 1.54) is 11.8 Å². The molecule has 0 bridgehead atoms. The summed E-state index contributed by atoms with van der Waals surface area (Å²) in [6.45, 7) is 5.59. The molecule has 0 radical (unpaired) electrons. The lowest BCUT2D eigenvalue weighted by Crippen LogP contribution is -2.57. The van der Waals surface area contributed by atoms with Crippen LogP contribution in [-0.2, 0) is 19.2 Å². The molecule has 4 atom stereocenters. The molecule has 3 amide bonds. The zero-order valence-electron chi connectivity index (χ0n) is 16.0. The van der Waals surface area contributed by atoms with Crippen molar-refractivity contribution in [1.29, 1.82) is 0 Å². The topological polar surface area (TPSA) is 142 Å². The van der Waals surface area contributed by atoms with Gasteiger partial charge in [-0.15, -0.1) is 0 Å². The van der Waals surface area contributed by atoms with Gasteiger partial charge in [-0.05, 0) is 32.1 Å². The van der Waals surface area contributed by atoms with Crippen LogP contribution in [0.1, 0.15) is 40.0 Å². The van der Waals surface area contributed by atoms with E-state index in [2.05, 4.69) is 23.3 Å². The summed E-state index contributed by atoms with van der Waals surface area (Å²) < 4.78 is 0. The Morgan fingerprint density at radius 2 is 1.85 bits per heavy atom. The minimum absolute atomic E-state index is 0.133. The molecule has 1 fully saturated rings. The molecule has 0 saturated carbocycles. The highest BCUT2D eigenvalue weighted by atomic mass is 32.1. The fourth-order valence-electron chi connectivity index (χ4n) is 2.93. The Hall–Kier alpha value is -1.81. The second kappa shape index (κ2) is 10.5. The molecule has 0 aromatic rings. The maximum absolute atomic E-state index is 13.0. The van der Waals surface area contributed by atoms with Crippen LogP contribution >= 0.6 is 12.6 Å². The fraction of sp³-hybridized carbons (Fsp3) is 0.765. The zero-order valence-corrected chi connectivity index (χ0v) is 16.9. The van der Waals surface area contributed by atoms with Gasteiger partial charge in [0.25, 0.3) is 0 Å². The summed E-state index contributed by atoms with van der Waals surface area (Å²) in [6.07, 6.45) is 1.48. The van der Waals surface area contributed by atoms with Gasteiger partial charge in [-0.25, -0.2) is 0 Å². The second-order valence-electron chi connectivity index (χ2n) is 7.24. The Bertz CT molecular complexity index is 572. The number of carboxylic acid groups (broad SMARTS) is 1. The Kier molecular flexibility index (Phi) is 9.04. The van der Waals surface area contributed by atoms with Crippen LogP contribution in [0, 0.1) is 5.92 Å². The van der Waals surface area contributed by atoms with Crippen LogP contribution < -0.4 is 16.4 Å². The second-order valence-corrected chi connectivity index (χ2v) is 7.60. The Labute approximate surface area is 164 Å². The van der Waals surface area contributed by atoms with Gasteiger partial charge in [0.05, 0.1) is 6.04 Å². The third-order valence-electron chi connectivity index (χ3n) is 4.42. The zero-order chi connectivity index (χ0) is 20.7. The summed E-state index contributed by atoms with van der Waals surface area (Å²) in [6, 6.07) is -3.42. The van der Waals surface area contributed by atoms with Crippen LogP contribution in [0.25, 0.3) is 0 Å².